The number of para-hydroxylation sites is 1. The SMILES string of the molecule is COc1cc(Nc2ccccc2)ccc1NI. The second-order valence-electron chi connectivity index (χ2n) is 3.50. The number of methoxy groups -OCH3 is 1. The average Bonchev–Trinajstić information content (AvgIpc) is 2.40. The maximum atomic E-state index is 5.31. The lowest BCUT2D eigenvalue weighted by Crippen LogP contribution is -1.93. The quantitative estimate of drug-likeness (QED) is 0.646. The van der Waals surface area contributed by atoms with Crippen molar-refractivity contribution in [2.45, 2.75) is 0 Å². The number of halogens is 1. The number of benzene rings is 2. The van der Waals surface area contributed by atoms with E-state index in [2.05, 4.69) is 31.7 Å². The molecule has 2 N–H and O–H groups in total. The van der Waals surface area contributed by atoms with E-state index in [9.17, 15) is 0 Å². The smallest absolute Gasteiger partial charge is 0.144 e. The lowest BCUT2D eigenvalue weighted by atomic mass is 10.2. The fourth-order valence-corrected chi connectivity index (χ4v) is 1.98. The molecule has 88 valence electrons. The van der Waals surface area contributed by atoms with Gasteiger partial charge in [-0.15, -0.1) is 0 Å². The summed E-state index contributed by atoms with van der Waals surface area (Å²) < 4.78 is 8.36. The highest BCUT2D eigenvalue weighted by molar-refractivity contribution is 14.1. The van der Waals surface area contributed by atoms with Crippen molar-refractivity contribution in [1.82, 2.24) is 0 Å². The molecule has 0 heterocycles. The van der Waals surface area contributed by atoms with Crippen LogP contribution in [-0.2, 0) is 0 Å². The number of anilines is 3. The van der Waals surface area contributed by atoms with Gasteiger partial charge in [0.1, 0.15) is 5.75 Å². The zero-order chi connectivity index (χ0) is 12.1. The fourth-order valence-electron chi connectivity index (χ4n) is 1.54. The summed E-state index contributed by atoms with van der Waals surface area (Å²) in [7, 11) is 1.67. The van der Waals surface area contributed by atoms with Gasteiger partial charge in [0.2, 0.25) is 0 Å². The number of ether oxygens (including phenoxy) is 1. The zero-order valence-corrected chi connectivity index (χ0v) is 11.6. The Labute approximate surface area is 115 Å². The summed E-state index contributed by atoms with van der Waals surface area (Å²) in [5.41, 5.74) is 3.03. The minimum Gasteiger partial charge on any atom is -0.494 e. The van der Waals surface area contributed by atoms with E-state index in [1.54, 1.807) is 7.11 Å². The molecule has 0 amide bonds. The van der Waals surface area contributed by atoms with Gasteiger partial charge in [0.05, 0.1) is 35.7 Å². The van der Waals surface area contributed by atoms with Gasteiger partial charge in [0.25, 0.3) is 0 Å². The minimum atomic E-state index is 0.820. The van der Waals surface area contributed by atoms with E-state index in [4.69, 9.17) is 4.74 Å². The van der Waals surface area contributed by atoms with Crippen LogP contribution in [0.15, 0.2) is 48.5 Å². The standard InChI is InChI=1S/C13H13IN2O/c1-17-13-9-11(7-8-12(13)16-14)15-10-5-3-2-4-6-10/h2-9,15-16H,1H3. The van der Waals surface area contributed by atoms with Crippen LogP contribution in [0.4, 0.5) is 17.1 Å². The molecule has 3 nitrogen and oxygen atoms in total. The van der Waals surface area contributed by atoms with Crippen molar-refractivity contribution in [1.29, 1.82) is 0 Å². The molecule has 0 radical (unpaired) electrons. The van der Waals surface area contributed by atoms with Crippen LogP contribution in [-0.4, -0.2) is 7.11 Å². The molecule has 0 atom stereocenters. The molecule has 2 rings (SSSR count). The van der Waals surface area contributed by atoms with E-state index >= 15 is 0 Å². The number of nitrogens with one attached hydrogen (secondary N) is 2. The van der Waals surface area contributed by atoms with Crippen molar-refractivity contribution in [2.75, 3.05) is 16.0 Å². The molecule has 2 aromatic rings. The highest BCUT2D eigenvalue weighted by Gasteiger charge is 2.03. The van der Waals surface area contributed by atoms with Gasteiger partial charge >= 0.3 is 0 Å². The first-order valence-electron chi connectivity index (χ1n) is 5.20. The third-order valence-electron chi connectivity index (χ3n) is 2.37. The van der Waals surface area contributed by atoms with Gasteiger partial charge < -0.3 is 13.6 Å². The van der Waals surface area contributed by atoms with Crippen LogP contribution >= 0.6 is 22.9 Å². The van der Waals surface area contributed by atoms with Crippen molar-refractivity contribution >= 4 is 39.9 Å². The largest absolute Gasteiger partial charge is 0.494 e. The van der Waals surface area contributed by atoms with Crippen molar-refractivity contribution in [3.8, 4) is 5.75 Å². The van der Waals surface area contributed by atoms with E-state index in [1.165, 1.54) is 0 Å². The van der Waals surface area contributed by atoms with Gasteiger partial charge in [-0.1, -0.05) is 18.2 Å². The highest BCUT2D eigenvalue weighted by atomic mass is 127. The average molecular weight is 340 g/mol. The first kappa shape index (κ1) is 12.0. The number of hydrogen-bond donors (Lipinski definition) is 2. The monoisotopic (exact) mass is 340 g/mol. The summed E-state index contributed by atoms with van der Waals surface area (Å²) in [6.45, 7) is 0. The van der Waals surface area contributed by atoms with Crippen LogP contribution in [0, 0.1) is 0 Å². The maximum absolute atomic E-state index is 5.31. The van der Waals surface area contributed by atoms with Crippen LogP contribution in [0.5, 0.6) is 5.75 Å². The Balaban J connectivity index is 2.22. The summed E-state index contributed by atoms with van der Waals surface area (Å²) in [5, 5.41) is 3.32. The summed E-state index contributed by atoms with van der Waals surface area (Å²) in [5.74, 6) is 0.820. The second-order valence-corrected chi connectivity index (χ2v) is 4.04. The first-order valence-corrected chi connectivity index (χ1v) is 6.28. The Kier molecular flexibility index (Phi) is 4.08. The molecular formula is C13H13IN2O. The predicted octanol–water partition coefficient (Wildman–Crippen LogP) is 4.20. The molecule has 0 saturated heterocycles. The van der Waals surface area contributed by atoms with Crippen LogP contribution in [0.1, 0.15) is 0 Å². The molecule has 0 aliphatic heterocycles. The van der Waals surface area contributed by atoms with Crippen LogP contribution in [0.2, 0.25) is 0 Å². The number of hydrogen-bond acceptors (Lipinski definition) is 3. The summed E-state index contributed by atoms with van der Waals surface area (Å²) >= 11 is 2.09. The van der Waals surface area contributed by atoms with E-state index in [0.717, 1.165) is 22.8 Å². The first-order chi connectivity index (χ1) is 8.33. The Morgan fingerprint density at radius 2 is 1.76 bits per heavy atom. The Hall–Kier alpha value is -1.43. The van der Waals surface area contributed by atoms with Crippen LogP contribution < -0.4 is 13.6 Å². The van der Waals surface area contributed by atoms with Gasteiger partial charge in [-0.25, -0.2) is 0 Å². The van der Waals surface area contributed by atoms with Crippen LogP contribution in [0.25, 0.3) is 0 Å². The molecule has 0 unspecified atom stereocenters. The van der Waals surface area contributed by atoms with E-state index in [0.29, 0.717) is 0 Å². The molecule has 0 aliphatic rings. The van der Waals surface area contributed by atoms with Gasteiger partial charge in [-0.3, -0.25) is 0 Å². The summed E-state index contributed by atoms with van der Waals surface area (Å²) in [6.07, 6.45) is 0. The Morgan fingerprint density at radius 3 is 2.41 bits per heavy atom. The molecule has 0 bridgehead atoms. The minimum absolute atomic E-state index is 0.820. The van der Waals surface area contributed by atoms with Gasteiger partial charge in [-0.2, -0.15) is 0 Å². The molecular weight excluding hydrogens is 327 g/mol. The zero-order valence-electron chi connectivity index (χ0n) is 9.41. The summed E-state index contributed by atoms with van der Waals surface area (Å²) in [6, 6.07) is 16.0. The van der Waals surface area contributed by atoms with Crippen molar-refractivity contribution < 1.29 is 4.74 Å². The normalized spacial score (nSPS) is 9.76. The Bertz CT molecular complexity index is 488. The fraction of sp³-hybridized carbons (Fsp3) is 0.0769. The van der Waals surface area contributed by atoms with Gasteiger partial charge in [0.15, 0.2) is 0 Å². The lowest BCUT2D eigenvalue weighted by Gasteiger charge is -2.11. The van der Waals surface area contributed by atoms with E-state index < -0.39 is 0 Å². The lowest BCUT2D eigenvalue weighted by molar-refractivity contribution is 0.417. The maximum Gasteiger partial charge on any atom is 0.144 e. The topological polar surface area (TPSA) is 33.3 Å². The van der Waals surface area contributed by atoms with Gasteiger partial charge in [-0.05, 0) is 24.3 Å². The molecule has 0 saturated carbocycles. The molecule has 0 aromatic heterocycles. The van der Waals surface area contributed by atoms with E-state index in [-0.39, 0.29) is 0 Å². The molecule has 17 heavy (non-hydrogen) atoms. The molecule has 0 aliphatic carbocycles. The number of rotatable bonds is 4. The highest BCUT2D eigenvalue weighted by Crippen LogP contribution is 2.30. The van der Waals surface area contributed by atoms with Gasteiger partial charge in [0, 0.05) is 17.4 Å². The molecule has 0 spiro atoms. The Morgan fingerprint density at radius 1 is 1.00 bits per heavy atom. The molecule has 4 heteroatoms. The van der Waals surface area contributed by atoms with Crippen molar-refractivity contribution in [2.24, 2.45) is 0 Å². The third-order valence-corrected chi connectivity index (χ3v) is 2.95. The molecule has 2 aromatic carbocycles. The van der Waals surface area contributed by atoms with E-state index in [1.807, 2.05) is 48.5 Å². The second kappa shape index (κ2) is 5.77. The third kappa shape index (κ3) is 3.03. The van der Waals surface area contributed by atoms with Crippen molar-refractivity contribution in [3.05, 3.63) is 48.5 Å². The predicted molar refractivity (Wildman–Crippen MR) is 80.4 cm³/mol. The molecule has 0 fully saturated rings. The summed E-state index contributed by atoms with van der Waals surface area (Å²) in [4.78, 5) is 0. The van der Waals surface area contributed by atoms with Crippen LogP contribution in [0.3, 0.4) is 0 Å². The van der Waals surface area contributed by atoms with Crippen molar-refractivity contribution in [3.63, 3.8) is 0 Å².